The van der Waals surface area contributed by atoms with Gasteiger partial charge in [0.25, 0.3) is 0 Å². The van der Waals surface area contributed by atoms with Crippen molar-refractivity contribution in [3.8, 4) is 0 Å². The van der Waals surface area contributed by atoms with Crippen LogP contribution in [0, 0.1) is 0 Å². The fourth-order valence-electron chi connectivity index (χ4n) is 6.91. The van der Waals surface area contributed by atoms with Gasteiger partial charge in [0.2, 0.25) is 11.8 Å². The van der Waals surface area contributed by atoms with Gasteiger partial charge in [0.15, 0.2) is 0 Å². The lowest BCUT2D eigenvalue weighted by molar-refractivity contribution is -0.117. The van der Waals surface area contributed by atoms with Gasteiger partial charge < -0.3 is 10.1 Å². The van der Waals surface area contributed by atoms with Crippen molar-refractivity contribution >= 4 is 57.0 Å². The molecule has 4 nitrogen and oxygen atoms in total. The molecule has 1 unspecified atom stereocenters. The van der Waals surface area contributed by atoms with E-state index < -0.39 is 12.3 Å². The number of hydrogen-bond donors (Lipinski definition) is 1. The van der Waals surface area contributed by atoms with Crippen molar-refractivity contribution in [2.75, 3.05) is 5.32 Å². The highest BCUT2D eigenvalue weighted by molar-refractivity contribution is 7.96. The van der Waals surface area contributed by atoms with E-state index in [0.717, 1.165) is 43.7 Å². The van der Waals surface area contributed by atoms with E-state index in [0.29, 0.717) is 11.7 Å². The Morgan fingerprint density at radius 3 is 1.57 bits per heavy atom. The number of carbonyl (C=O) groups excluding carboxylic acids is 1. The zero-order chi connectivity index (χ0) is 31.7. The number of nitrogens with zero attached hydrogens (tertiary/aromatic N) is 1. The number of hydrogen-bond acceptors (Lipinski definition) is 3. The van der Waals surface area contributed by atoms with E-state index in [1.807, 2.05) is 103 Å². The minimum atomic E-state index is -2.89. The lowest BCUT2D eigenvalue weighted by atomic mass is 9.76. The van der Waals surface area contributed by atoms with E-state index in [1.54, 1.807) is 0 Å². The Kier molecular flexibility index (Phi) is 7.28. The number of aliphatic imine (C=N–C) groups is 1. The number of benzene rings is 6. The maximum atomic E-state index is 15.1. The minimum Gasteiger partial charge on any atom is -0.438 e. The average Bonchev–Trinajstić information content (AvgIpc) is 3.41. The number of anilines is 1. The molecule has 226 valence electrons. The van der Waals surface area contributed by atoms with Crippen molar-refractivity contribution in [2.45, 2.75) is 5.41 Å². The molecule has 5 heteroatoms. The third-order valence-electron chi connectivity index (χ3n) is 8.90. The van der Waals surface area contributed by atoms with Crippen molar-refractivity contribution in [1.29, 1.82) is 0 Å². The number of ether oxygens (including phenoxy) is 1. The van der Waals surface area contributed by atoms with Crippen molar-refractivity contribution in [2.24, 2.45) is 4.99 Å². The fourth-order valence-corrected chi connectivity index (χ4v) is 11.6. The molecule has 6 aromatic carbocycles. The number of carbonyl (C=O) groups is 1. The summed E-state index contributed by atoms with van der Waals surface area (Å²) in [5.74, 6) is 0.885. The van der Waals surface area contributed by atoms with Crippen LogP contribution >= 0.6 is 6.89 Å². The van der Waals surface area contributed by atoms with Gasteiger partial charge in [0.05, 0.1) is 5.69 Å². The van der Waals surface area contributed by atoms with Gasteiger partial charge in [0, 0.05) is 16.5 Å². The SMILES string of the molecule is O=C1Nc2ccccc2C12C=C(c1ccccc1)OC(=Nc1ccccc1)C2=P(c1ccccc1)(c1ccccc1)c1ccccc1. The smallest absolute Gasteiger partial charge is 0.243 e. The molecule has 0 saturated carbocycles. The number of fused-ring (bicyclic) bond motifs is 2. The summed E-state index contributed by atoms with van der Waals surface area (Å²) in [5.41, 5.74) is 2.02. The third-order valence-corrected chi connectivity index (χ3v) is 13.3. The van der Waals surface area contributed by atoms with Crippen LogP contribution in [0.1, 0.15) is 11.1 Å². The van der Waals surface area contributed by atoms with Crippen molar-refractivity contribution in [1.82, 2.24) is 0 Å². The summed E-state index contributed by atoms with van der Waals surface area (Å²) in [6.45, 7) is -2.89. The zero-order valence-corrected chi connectivity index (χ0v) is 26.4. The van der Waals surface area contributed by atoms with Gasteiger partial charge in [-0.2, -0.15) is 0 Å². The number of rotatable bonds is 5. The van der Waals surface area contributed by atoms with Gasteiger partial charge in [-0.25, -0.2) is 4.99 Å². The summed E-state index contributed by atoms with van der Waals surface area (Å²) in [6, 6.07) is 59.5. The second-order valence-electron chi connectivity index (χ2n) is 11.6. The average molecular weight is 627 g/mol. The minimum absolute atomic E-state index is 0.127. The molecule has 2 aliphatic heterocycles. The van der Waals surface area contributed by atoms with Gasteiger partial charge in [-0.15, -0.1) is 0 Å². The van der Waals surface area contributed by atoms with Gasteiger partial charge in [-0.05, 0) is 52.6 Å². The van der Waals surface area contributed by atoms with Crippen LogP contribution in [0.25, 0.3) is 5.76 Å². The Hall–Kier alpha value is -5.70. The van der Waals surface area contributed by atoms with Crippen LogP contribution in [0.4, 0.5) is 11.4 Å². The van der Waals surface area contributed by atoms with Crippen LogP contribution in [0.2, 0.25) is 0 Å². The maximum Gasteiger partial charge on any atom is 0.243 e. The summed E-state index contributed by atoms with van der Waals surface area (Å²) in [4.78, 5) is 20.4. The third kappa shape index (κ3) is 4.69. The molecule has 0 aromatic heterocycles. The molecule has 0 radical (unpaired) electrons. The molecule has 47 heavy (non-hydrogen) atoms. The number of nitrogens with one attached hydrogen (secondary N) is 1. The Labute approximate surface area is 274 Å². The van der Waals surface area contributed by atoms with Crippen LogP contribution in [-0.4, -0.2) is 17.1 Å². The van der Waals surface area contributed by atoms with Crippen LogP contribution < -0.4 is 21.2 Å². The molecule has 6 aromatic rings. The number of amides is 1. The standard InChI is InChI=1S/C42H31N2O2P/c45-41-42(36-28-16-17-29-37(36)44-41)30-38(31-18-6-1-7-19-31)46-40(43-32-20-8-2-9-21-32)39(42)47(33-22-10-3-11-23-33,34-24-12-4-13-25-34)35-26-14-5-15-27-35/h1-30H,(H,44,45). The largest absolute Gasteiger partial charge is 0.438 e. The molecule has 1 N–H and O–H groups in total. The Morgan fingerprint density at radius 1 is 0.553 bits per heavy atom. The van der Waals surface area contributed by atoms with E-state index in [-0.39, 0.29) is 5.91 Å². The normalized spacial score (nSPS) is 18.0. The zero-order valence-electron chi connectivity index (χ0n) is 25.5. The first-order valence-corrected chi connectivity index (χ1v) is 17.5. The molecule has 0 saturated heterocycles. The molecular weight excluding hydrogens is 595 g/mol. The lowest BCUT2D eigenvalue weighted by Gasteiger charge is -2.41. The highest BCUT2D eigenvalue weighted by Crippen LogP contribution is 2.56. The Balaban J connectivity index is 1.67. The predicted molar refractivity (Wildman–Crippen MR) is 196 cm³/mol. The van der Waals surface area contributed by atoms with Crippen molar-refractivity contribution in [3.05, 3.63) is 193 Å². The predicted octanol–water partition coefficient (Wildman–Crippen LogP) is 7.84. The maximum absolute atomic E-state index is 15.1. The monoisotopic (exact) mass is 626 g/mol. The fraction of sp³-hybridized carbons (Fsp3) is 0.0238. The van der Waals surface area contributed by atoms with E-state index >= 15 is 4.79 Å². The lowest BCUT2D eigenvalue weighted by Crippen LogP contribution is -2.51. The van der Waals surface area contributed by atoms with Gasteiger partial charge >= 0.3 is 0 Å². The summed E-state index contributed by atoms with van der Waals surface area (Å²) >= 11 is 0. The van der Waals surface area contributed by atoms with Crippen LogP contribution in [-0.2, 0) is 14.9 Å². The summed E-state index contributed by atoms with van der Waals surface area (Å²) in [5, 5.41) is 7.41. The second kappa shape index (κ2) is 11.9. The van der Waals surface area contributed by atoms with E-state index in [2.05, 4.69) is 84.2 Å². The first kappa shape index (κ1) is 28.8. The first-order chi connectivity index (χ1) is 23.2. The van der Waals surface area contributed by atoms with E-state index in [1.165, 1.54) is 0 Å². The molecule has 0 bridgehead atoms. The summed E-state index contributed by atoms with van der Waals surface area (Å²) < 4.78 is 7.03. The van der Waals surface area contributed by atoms with Crippen LogP contribution in [0.3, 0.4) is 0 Å². The molecule has 1 atom stereocenters. The van der Waals surface area contributed by atoms with Crippen LogP contribution in [0.15, 0.2) is 187 Å². The molecular formula is C42H31N2O2P. The van der Waals surface area contributed by atoms with Crippen LogP contribution in [0.5, 0.6) is 0 Å². The van der Waals surface area contributed by atoms with Crippen molar-refractivity contribution < 1.29 is 9.53 Å². The number of para-hydroxylation sites is 2. The molecule has 8 rings (SSSR count). The van der Waals surface area contributed by atoms with Gasteiger partial charge in [-0.1, -0.05) is 158 Å². The molecule has 0 aliphatic carbocycles. The second-order valence-corrected chi connectivity index (χ2v) is 14.9. The highest BCUT2D eigenvalue weighted by atomic mass is 31.2. The molecule has 0 fully saturated rings. The molecule has 2 heterocycles. The topological polar surface area (TPSA) is 50.7 Å². The van der Waals surface area contributed by atoms with Gasteiger partial charge in [0.1, 0.15) is 11.2 Å². The van der Waals surface area contributed by atoms with E-state index in [4.69, 9.17) is 9.73 Å². The summed E-state index contributed by atoms with van der Waals surface area (Å²) in [6.07, 6.45) is 2.03. The molecule has 1 amide bonds. The first-order valence-electron chi connectivity index (χ1n) is 15.7. The van der Waals surface area contributed by atoms with Crippen molar-refractivity contribution in [3.63, 3.8) is 0 Å². The Morgan fingerprint density at radius 2 is 1.02 bits per heavy atom. The summed E-state index contributed by atoms with van der Waals surface area (Å²) in [7, 11) is 0. The molecule has 2 aliphatic rings. The highest BCUT2D eigenvalue weighted by Gasteiger charge is 2.57. The molecule has 1 spiro atoms. The van der Waals surface area contributed by atoms with Gasteiger partial charge in [-0.3, -0.25) is 4.79 Å². The van der Waals surface area contributed by atoms with E-state index in [9.17, 15) is 0 Å². The Bertz CT molecular complexity index is 2090. The quantitative estimate of drug-likeness (QED) is 0.198.